The number of carbonyl (C=O) groups excluding carboxylic acids is 1. The Hall–Kier alpha value is -0.460. The summed E-state index contributed by atoms with van der Waals surface area (Å²) >= 11 is -3.79. The molecule has 0 radical (unpaired) electrons. The standard InChI is InChI=1S/C8H8IO3/c10-8-5-9(11,12)7-4-2-1-3-6(7)8/h1-4,11-12H,5H2/q+1. The molecule has 0 unspecified atom stereocenters. The van der Waals surface area contributed by atoms with E-state index in [9.17, 15) is 11.7 Å². The van der Waals surface area contributed by atoms with Gasteiger partial charge in [-0.1, -0.05) is 0 Å². The van der Waals surface area contributed by atoms with Gasteiger partial charge in [0.15, 0.2) is 0 Å². The summed E-state index contributed by atoms with van der Waals surface area (Å²) in [7, 11) is 0. The summed E-state index contributed by atoms with van der Waals surface area (Å²) in [6.45, 7) is 0. The van der Waals surface area contributed by atoms with Crippen LogP contribution in [0.4, 0.5) is 0 Å². The first-order valence-electron chi connectivity index (χ1n) is 3.43. The molecule has 0 bridgehead atoms. The van der Waals surface area contributed by atoms with Gasteiger partial charge in [-0.05, 0) is 0 Å². The van der Waals surface area contributed by atoms with E-state index in [2.05, 4.69) is 0 Å². The molecule has 2 rings (SSSR count). The number of fused-ring (bicyclic) bond motifs is 1. The molecule has 0 fully saturated rings. The predicted molar refractivity (Wildman–Crippen MR) is 38.8 cm³/mol. The van der Waals surface area contributed by atoms with Crippen molar-refractivity contribution in [3.05, 3.63) is 33.4 Å². The van der Waals surface area contributed by atoms with Crippen LogP contribution in [0.5, 0.6) is 0 Å². The van der Waals surface area contributed by atoms with Gasteiger partial charge in [0.1, 0.15) is 0 Å². The number of halogens is 1. The maximum atomic E-state index is 11.2. The fourth-order valence-electron chi connectivity index (χ4n) is 1.26. The second-order valence-corrected chi connectivity index (χ2v) is 8.10. The summed E-state index contributed by atoms with van der Waals surface area (Å²) in [6, 6.07) is 6.74. The minimum atomic E-state index is -3.79. The van der Waals surface area contributed by atoms with Crippen LogP contribution in [0.15, 0.2) is 24.3 Å². The van der Waals surface area contributed by atoms with Crippen molar-refractivity contribution in [1.29, 1.82) is 0 Å². The third-order valence-electron chi connectivity index (χ3n) is 1.81. The molecular weight excluding hydrogens is 271 g/mol. The molecular formula is C8H8IO3+. The van der Waals surface area contributed by atoms with E-state index >= 15 is 0 Å². The first-order valence-corrected chi connectivity index (χ1v) is 7.96. The molecule has 0 spiro atoms. The molecule has 0 aromatic heterocycles. The number of carbonyl (C=O) groups is 1. The zero-order valence-corrected chi connectivity index (χ0v) is 8.35. The first-order chi connectivity index (χ1) is 5.61. The molecule has 1 aliphatic rings. The van der Waals surface area contributed by atoms with Gasteiger partial charge in [-0.3, -0.25) is 0 Å². The molecule has 1 aromatic carbocycles. The molecule has 1 aromatic rings. The van der Waals surface area contributed by atoms with Crippen LogP contribution in [0.3, 0.4) is 0 Å². The van der Waals surface area contributed by atoms with E-state index in [0.717, 1.165) is 0 Å². The van der Waals surface area contributed by atoms with Gasteiger partial charge in [0.05, 0.1) is 0 Å². The van der Waals surface area contributed by atoms with E-state index in [0.29, 0.717) is 9.13 Å². The molecule has 0 aliphatic carbocycles. The van der Waals surface area contributed by atoms with Crippen molar-refractivity contribution >= 4 is 5.78 Å². The van der Waals surface area contributed by atoms with E-state index in [-0.39, 0.29) is 10.2 Å². The zero-order valence-electron chi connectivity index (χ0n) is 6.20. The van der Waals surface area contributed by atoms with Gasteiger partial charge in [-0.15, -0.1) is 0 Å². The molecule has 2 N–H and O–H groups in total. The Bertz CT molecular complexity index is 346. The Morgan fingerprint density at radius 1 is 1.25 bits per heavy atom. The molecule has 0 amide bonds. The van der Waals surface area contributed by atoms with E-state index < -0.39 is 19.3 Å². The van der Waals surface area contributed by atoms with E-state index in [4.69, 9.17) is 0 Å². The monoisotopic (exact) mass is 279 g/mol. The van der Waals surface area contributed by atoms with Crippen LogP contribution >= 0.6 is 0 Å². The number of rotatable bonds is 0. The van der Waals surface area contributed by atoms with Gasteiger partial charge in [-0.25, -0.2) is 0 Å². The van der Waals surface area contributed by atoms with Crippen molar-refractivity contribution < 1.29 is 30.9 Å². The molecule has 12 heavy (non-hydrogen) atoms. The van der Waals surface area contributed by atoms with Gasteiger partial charge >= 0.3 is 74.5 Å². The second kappa shape index (κ2) is 2.51. The second-order valence-electron chi connectivity index (χ2n) is 2.65. The summed E-state index contributed by atoms with van der Waals surface area (Å²) in [5.41, 5.74) is 0.499. The molecule has 3 nitrogen and oxygen atoms in total. The number of alkyl halides is 1. The Kier molecular flexibility index (Phi) is 1.71. The van der Waals surface area contributed by atoms with Crippen molar-refractivity contribution in [3.8, 4) is 0 Å². The summed E-state index contributed by atoms with van der Waals surface area (Å²) in [4.78, 5) is 11.2. The zero-order chi connectivity index (χ0) is 8.77. The number of Topliss-reactive ketones (excluding diaryl/α,β-unsaturated/α-hetero) is 1. The third-order valence-corrected chi connectivity index (χ3v) is 6.37. The van der Waals surface area contributed by atoms with Crippen molar-refractivity contribution in [2.24, 2.45) is 0 Å². The minimum absolute atomic E-state index is 0.0498. The summed E-state index contributed by atoms with van der Waals surface area (Å²) in [5.74, 6) is -0.132. The summed E-state index contributed by atoms with van der Waals surface area (Å²) in [5, 5.41) is 0. The van der Waals surface area contributed by atoms with Crippen LogP contribution in [0, 0.1) is 3.57 Å². The molecule has 0 saturated heterocycles. The summed E-state index contributed by atoms with van der Waals surface area (Å²) in [6.07, 6.45) is 0. The van der Waals surface area contributed by atoms with Gasteiger partial charge in [0, 0.05) is 0 Å². The number of benzene rings is 1. The van der Waals surface area contributed by atoms with Crippen LogP contribution < -0.4 is 19.3 Å². The Morgan fingerprint density at radius 3 is 2.58 bits per heavy atom. The average Bonchev–Trinajstić information content (AvgIpc) is 2.25. The van der Waals surface area contributed by atoms with Crippen molar-refractivity contribution in [2.45, 2.75) is 0 Å². The number of hydrogen-bond acceptors (Lipinski definition) is 3. The van der Waals surface area contributed by atoms with Crippen molar-refractivity contribution in [2.75, 3.05) is 4.43 Å². The maximum absolute atomic E-state index is 11.2. The average molecular weight is 279 g/mol. The van der Waals surface area contributed by atoms with Gasteiger partial charge in [-0.2, -0.15) is 0 Å². The van der Waals surface area contributed by atoms with E-state index in [1.54, 1.807) is 24.3 Å². The fraction of sp³-hybridized carbons (Fsp3) is 0.125. The fourth-order valence-corrected chi connectivity index (χ4v) is 5.25. The van der Waals surface area contributed by atoms with Gasteiger partial charge < -0.3 is 0 Å². The van der Waals surface area contributed by atoms with Crippen LogP contribution in [-0.4, -0.2) is 17.1 Å². The molecule has 0 saturated carbocycles. The van der Waals surface area contributed by atoms with E-state index in [1.807, 2.05) is 0 Å². The third kappa shape index (κ3) is 1.07. The molecule has 1 aliphatic heterocycles. The van der Waals surface area contributed by atoms with Crippen LogP contribution in [0.2, 0.25) is 0 Å². The van der Waals surface area contributed by atoms with Crippen molar-refractivity contribution in [3.63, 3.8) is 0 Å². The Morgan fingerprint density at radius 2 is 1.92 bits per heavy atom. The Balaban J connectivity index is 2.66. The summed E-state index contributed by atoms with van der Waals surface area (Å²) < 4.78 is 19.5. The molecule has 64 valence electrons. The van der Waals surface area contributed by atoms with Gasteiger partial charge in [0.2, 0.25) is 0 Å². The van der Waals surface area contributed by atoms with Crippen LogP contribution in [0.1, 0.15) is 10.4 Å². The molecule has 1 heterocycles. The topological polar surface area (TPSA) is 57.5 Å². The van der Waals surface area contributed by atoms with Crippen molar-refractivity contribution in [1.82, 2.24) is 0 Å². The predicted octanol–water partition coefficient (Wildman–Crippen LogP) is -2.97. The quantitative estimate of drug-likeness (QED) is 0.394. The Labute approximate surface area is 74.6 Å². The first kappa shape index (κ1) is 8.15. The molecule has 0 atom stereocenters. The molecule has 4 heteroatoms. The number of ketones is 1. The van der Waals surface area contributed by atoms with E-state index in [1.165, 1.54) is 0 Å². The van der Waals surface area contributed by atoms with Crippen LogP contribution in [0.25, 0.3) is 0 Å². The normalized spacial score (nSPS) is 22.0. The SMILES string of the molecule is O=C1C[I+](O)(O)c2ccccc21. The van der Waals surface area contributed by atoms with Crippen LogP contribution in [-0.2, 0) is 0 Å². The number of hydrogen-bond donors (Lipinski definition) is 2. The van der Waals surface area contributed by atoms with Gasteiger partial charge in [0.25, 0.3) is 0 Å².